The lowest BCUT2D eigenvalue weighted by molar-refractivity contribution is -0.140. The predicted molar refractivity (Wildman–Crippen MR) is 105 cm³/mol. The molecule has 2 amide bonds. The molecule has 0 unspecified atom stereocenters. The Balaban J connectivity index is 1.45. The van der Waals surface area contributed by atoms with Gasteiger partial charge in [0.15, 0.2) is 6.61 Å². The average Bonchev–Trinajstić information content (AvgIpc) is 2.69. The molecule has 0 atom stereocenters. The van der Waals surface area contributed by atoms with E-state index in [1.54, 1.807) is 40.1 Å². The third-order valence-electron chi connectivity index (χ3n) is 4.50. The highest BCUT2D eigenvalue weighted by Crippen LogP contribution is 2.27. The Morgan fingerprint density at radius 3 is 2.14 bits per heavy atom. The van der Waals surface area contributed by atoms with E-state index in [1.165, 1.54) is 12.1 Å². The smallest absolute Gasteiger partial charge is 0.260 e. The summed E-state index contributed by atoms with van der Waals surface area (Å²) in [6, 6.07) is 10.7. The Hall–Kier alpha value is -2.31. The summed E-state index contributed by atoms with van der Waals surface area (Å²) in [5, 5.41) is 0.835. The zero-order chi connectivity index (χ0) is 20.1. The Morgan fingerprint density at radius 1 is 0.929 bits per heavy atom. The molecule has 0 spiro atoms. The van der Waals surface area contributed by atoms with Gasteiger partial charge in [0.25, 0.3) is 5.91 Å². The van der Waals surface area contributed by atoms with Crippen LogP contribution in [0.15, 0.2) is 42.5 Å². The van der Waals surface area contributed by atoms with Crippen LogP contribution in [0.5, 0.6) is 5.75 Å². The molecule has 3 rings (SSSR count). The molecule has 2 aromatic carbocycles. The summed E-state index contributed by atoms with van der Waals surface area (Å²) in [6.07, 6.45) is 0.215. The average molecular weight is 425 g/mol. The molecule has 28 heavy (non-hydrogen) atoms. The summed E-state index contributed by atoms with van der Waals surface area (Å²) >= 11 is 11.9. The van der Waals surface area contributed by atoms with E-state index in [4.69, 9.17) is 27.9 Å². The molecule has 1 saturated heterocycles. The van der Waals surface area contributed by atoms with Crippen LogP contribution >= 0.6 is 23.2 Å². The van der Waals surface area contributed by atoms with E-state index in [1.807, 2.05) is 0 Å². The van der Waals surface area contributed by atoms with Crippen molar-refractivity contribution in [3.8, 4) is 5.75 Å². The van der Waals surface area contributed by atoms with E-state index < -0.39 is 0 Å². The van der Waals surface area contributed by atoms with Gasteiger partial charge >= 0.3 is 0 Å². The van der Waals surface area contributed by atoms with E-state index in [0.29, 0.717) is 42.0 Å². The SMILES string of the molecule is O=C(COc1ccc(Cl)cc1Cl)N1CCN(C(=O)Cc2ccc(F)cc2)CC1. The summed E-state index contributed by atoms with van der Waals surface area (Å²) in [6.45, 7) is 1.64. The van der Waals surface area contributed by atoms with Gasteiger partial charge in [0.2, 0.25) is 5.91 Å². The van der Waals surface area contributed by atoms with Crippen molar-refractivity contribution in [3.05, 3.63) is 63.9 Å². The third-order valence-corrected chi connectivity index (χ3v) is 5.03. The standard InChI is InChI=1S/C20H19Cl2FN2O3/c21-15-3-6-18(17(22)12-15)28-13-20(27)25-9-7-24(8-10-25)19(26)11-14-1-4-16(23)5-2-14/h1-6,12H,7-11,13H2. The van der Waals surface area contributed by atoms with Crippen molar-refractivity contribution in [2.45, 2.75) is 6.42 Å². The minimum atomic E-state index is -0.328. The predicted octanol–water partition coefficient (Wildman–Crippen LogP) is 3.42. The van der Waals surface area contributed by atoms with Crippen LogP contribution in [0.3, 0.4) is 0 Å². The van der Waals surface area contributed by atoms with Crippen molar-refractivity contribution >= 4 is 35.0 Å². The maximum absolute atomic E-state index is 13.0. The molecule has 0 saturated carbocycles. The number of ether oxygens (including phenoxy) is 1. The fraction of sp³-hybridized carbons (Fsp3) is 0.300. The molecule has 0 N–H and O–H groups in total. The first-order valence-electron chi connectivity index (χ1n) is 8.80. The lowest BCUT2D eigenvalue weighted by Gasteiger charge is -2.34. The molecule has 5 nitrogen and oxygen atoms in total. The number of hydrogen-bond acceptors (Lipinski definition) is 3. The van der Waals surface area contributed by atoms with Gasteiger partial charge in [-0.3, -0.25) is 9.59 Å². The summed E-state index contributed by atoms with van der Waals surface area (Å²) in [7, 11) is 0. The van der Waals surface area contributed by atoms with E-state index in [2.05, 4.69) is 0 Å². The van der Waals surface area contributed by atoms with Crippen molar-refractivity contribution in [1.82, 2.24) is 9.80 Å². The summed E-state index contributed by atoms with van der Waals surface area (Å²) in [5.41, 5.74) is 0.762. The number of piperazine rings is 1. The van der Waals surface area contributed by atoms with Gasteiger partial charge in [-0.15, -0.1) is 0 Å². The number of nitrogens with zero attached hydrogens (tertiary/aromatic N) is 2. The highest BCUT2D eigenvalue weighted by atomic mass is 35.5. The van der Waals surface area contributed by atoms with E-state index >= 15 is 0 Å². The zero-order valence-electron chi connectivity index (χ0n) is 15.0. The first-order chi connectivity index (χ1) is 13.4. The van der Waals surface area contributed by atoms with Crippen LogP contribution in [0.25, 0.3) is 0 Å². The quantitative estimate of drug-likeness (QED) is 0.738. The maximum Gasteiger partial charge on any atom is 0.260 e. The van der Waals surface area contributed by atoms with Gasteiger partial charge in [0, 0.05) is 31.2 Å². The second-order valence-corrected chi connectivity index (χ2v) is 7.27. The first-order valence-corrected chi connectivity index (χ1v) is 9.56. The van der Waals surface area contributed by atoms with Crippen molar-refractivity contribution in [2.75, 3.05) is 32.8 Å². The summed E-state index contributed by atoms with van der Waals surface area (Å²) in [4.78, 5) is 28.1. The van der Waals surface area contributed by atoms with Crippen LogP contribution in [0.1, 0.15) is 5.56 Å². The number of carbonyl (C=O) groups excluding carboxylic acids is 2. The first kappa shape index (κ1) is 20.4. The van der Waals surface area contributed by atoms with E-state index in [9.17, 15) is 14.0 Å². The van der Waals surface area contributed by atoms with Gasteiger partial charge in [-0.1, -0.05) is 35.3 Å². The van der Waals surface area contributed by atoms with Crippen molar-refractivity contribution in [3.63, 3.8) is 0 Å². The molecular weight excluding hydrogens is 406 g/mol. The van der Waals surface area contributed by atoms with Crippen LogP contribution in [0, 0.1) is 5.82 Å². The second-order valence-electron chi connectivity index (χ2n) is 6.43. The van der Waals surface area contributed by atoms with Crippen molar-refractivity contribution < 1.29 is 18.7 Å². The van der Waals surface area contributed by atoms with Crippen LogP contribution in [0.2, 0.25) is 10.0 Å². The van der Waals surface area contributed by atoms with Crippen LogP contribution in [-0.2, 0) is 16.0 Å². The van der Waals surface area contributed by atoms with Gasteiger partial charge in [-0.05, 0) is 35.9 Å². The zero-order valence-corrected chi connectivity index (χ0v) is 16.5. The fourth-order valence-electron chi connectivity index (χ4n) is 2.92. The molecular formula is C20H19Cl2FN2O3. The fourth-order valence-corrected chi connectivity index (χ4v) is 3.38. The maximum atomic E-state index is 13.0. The number of rotatable bonds is 5. The van der Waals surface area contributed by atoms with Crippen LogP contribution in [0.4, 0.5) is 4.39 Å². The van der Waals surface area contributed by atoms with Gasteiger partial charge in [-0.2, -0.15) is 0 Å². The molecule has 1 aliphatic heterocycles. The second kappa shape index (κ2) is 9.26. The Labute approximate surface area is 172 Å². The number of benzene rings is 2. The van der Waals surface area contributed by atoms with Gasteiger partial charge in [0.1, 0.15) is 11.6 Å². The van der Waals surface area contributed by atoms with E-state index in [0.717, 1.165) is 5.56 Å². The molecule has 0 aliphatic carbocycles. The van der Waals surface area contributed by atoms with E-state index in [-0.39, 0.29) is 30.7 Å². The van der Waals surface area contributed by atoms with Crippen molar-refractivity contribution in [1.29, 1.82) is 0 Å². The summed E-state index contributed by atoms with van der Waals surface area (Å²) in [5.74, 6) is -0.141. The molecule has 8 heteroatoms. The molecule has 0 aromatic heterocycles. The van der Waals surface area contributed by atoms with Crippen molar-refractivity contribution in [2.24, 2.45) is 0 Å². The molecule has 2 aromatic rings. The van der Waals surface area contributed by atoms with Crippen LogP contribution < -0.4 is 4.74 Å². The number of amides is 2. The molecule has 1 heterocycles. The molecule has 0 radical (unpaired) electrons. The normalized spacial score (nSPS) is 14.1. The monoisotopic (exact) mass is 424 g/mol. The number of halogens is 3. The molecule has 1 fully saturated rings. The number of hydrogen-bond donors (Lipinski definition) is 0. The minimum Gasteiger partial charge on any atom is -0.482 e. The highest BCUT2D eigenvalue weighted by molar-refractivity contribution is 6.35. The summed E-state index contributed by atoms with van der Waals surface area (Å²) < 4.78 is 18.4. The largest absolute Gasteiger partial charge is 0.482 e. The molecule has 1 aliphatic rings. The van der Waals surface area contributed by atoms with Gasteiger partial charge in [-0.25, -0.2) is 4.39 Å². The minimum absolute atomic E-state index is 0.0390. The van der Waals surface area contributed by atoms with Crippen LogP contribution in [-0.4, -0.2) is 54.4 Å². The molecule has 148 valence electrons. The number of carbonyl (C=O) groups is 2. The highest BCUT2D eigenvalue weighted by Gasteiger charge is 2.24. The lowest BCUT2D eigenvalue weighted by Crippen LogP contribution is -2.52. The Morgan fingerprint density at radius 2 is 1.54 bits per heavy atom. The Bertz CT molecular complexity index is 853. The molecule has 0 bridgehead atoms. The van der Waals surface area contributed by atoms with Gasteiger partial charge < -0.3 is 14.5 Å². The Kier molecular flexibility index (Phi) is 6.75. The third kappa shape index (κ3) is 5.36. The topological polar surface area (TPSA) is 49.9 Å². The van der Waals surface area contributed by atoms with Gasteiger partial charge in [0.05, 0.1) is 11.4 Å². The lowest BCUT2D eigenvalue weighted by atomic mass is 10.1.